The van der Waals surface area contributed by atoms with E-state index in [2.05, 4.69) is 4.74 Å². The summed E-state index contributed by atoms with van der Waals surface area (Å²) in [5.74, 6) is -1.51. The van der Waals surface area contributed by atoms with E-state index in [0.29, 0.717) is 24.2 Å². The van der Waals surface area contributed by atoms with Gasteiger partial charge in [0.05, 0.1) is 12.7 Å². The van der Waals surface area contributed by atoms with Gasteiger partial charge in [-0.15, -0.1) is 0 Å². The van der Waals surface area contributed by atoms with Gasteiger partial charge in [0, 0.05) is 24.7 Å². The second-order valence-electron chi connectivity index (χ2n) is 5.10. The lowest BCUT2D eigenvalue weighted by atomic mass is 10.1. The number of hydrogen-bond donors (Lipinski definition) is 0. The molecule has 0 spiro atoms. The summed E-state index contributed by atoms with van der Waals surface area (Å²) in [6.45, 7) is 0.948. The standard InChI is InChI=1S/C17H17F2NO2/c1-20(11-14-7-8-15(18)9-16(14)19)10-12-3-5-13(6-4-12)17(21)22-2/h3-9H,10-11H2,1-2H3. The van der Waals surface area contributed by atoms with Crippen LogP contribution >= 0.6 is 0 Å². The number of methoxy groups -OCH3 is 1. The number of carbonyl (C=O) groups excluding carboxylic acids is 1. The van der Waals surface area contributed by atoms with Gasteiger partial charge in [-0.1, -0.05) is 18.2 Å². The second-order valence-corrected chi connectivity index (χ2v) is 5.10. The van der Waals surface area contributed by atoms with E-state index in [-0.39, 0.29) is 5.97 Å². The van der Waals surface area contributed by atoms with Crippen LogP contribution in [0.25, 0.3) is 0 Å². The molecule has 0 aliphatic carbocycles. The Morgan fingerprint density at radius 3 is 2.36 bits per heavy atom. The van der Waals surface area contributed by atoms with Crippen molar-refractivity contribution in [3.8, 4) is 0 Å². The Labute approximate surface area is 128 Å². The van der Waals surface area contributed by atoms with E-state index < -0.39 is 11.6 Å². The summed E-state index contributed by atoms with van der Waals surface area (Å²) in [5.41, 5.74) is 1.91. The Morgan fingerprint density at radius 1 is 1.09 bits per heavy atom. The van der Waals surface area contributed by atoms with Crippen LogP contribution in [0.2, 0.25) is 0 Å². The van der Waals surface area contributed by atoms with Gasteiger partial charge in [-0.25, -0.2) is 13.6 Å². The molecule has 22 heavy (non-hydrogen) atoms. The number of ether oxygens (including phenoxy) is 1. The van der Waals surface area contributed by atoms with Crippen molar-refractivity contribution in [2.45, 2.75) is 13.1 Å². The molecule has 0 aliphatic heterocycles. The number of rotatable bonds is 5. The Kier molecular flexibility index (Phi) is 5.22. The highest BCUT2D eigenvalue weighted by Crippen LogP contribution is 2.14. The fourth-order valence-corrected chi connectivity index (χ4v) is 2.17. The van der Waals surface area contributed by atoms with Crippen LogP contribution in [-0.4, -0.2) is 25.0 Å². The first-order chi connectivity index (χ1) is 10.5. The summed E-state index contributed by atoms with van der Waals surface area (Å²) in [5, 5.41) is 0. The van der Waals surface area contributed by atoms with Crippen molar-refractivity contribution >= 4 is 5.97 Å². The zero-order valence-electron chi connectivity index (χ0n) is 12.5. The van der Waals surface area contributed by atoms with Gasteiger partial charge >= 0.3 is 5.97 Å². The summed E-state index contributed by atoms with van der Waals surface area (Å²) in [6, 6.07) is 10.6. The highest BCUT2D eigenvalue weighted by molar-refractivity contribution is 5.89. The zero-order valence-corrected chi connectivity index (χ0v) is 12.5. The third-order valence-corrected chi connectivity index (χ3v) is 3.28. The molecule has 2 rings (SSSR count). The van der Waals surface area contributed by atoms with Gasteiger partial charge in [0.2, 0.25) is 0 Å². The molecule has 116 valence electrons. The van der Waals surface area contributed by atoms with Crippen molar-refractivity contribution in [2.24, 2.45) is 0 Å². The maximum Gasteiger partial charge on any atom is 0.337 e. The fraction of sp³-hybridized carbons (Fsp3) is 0.235. The van der Waals surface area contributed by atoms with Gasteiger partial charge in [-0.3, -0.25) is 4.90 Å². The molecule has 0 heterocycles. The van der Waals surface area contributed by atoms with Crippen molar-refractivity contribution in [3.63, 3.8) is 0 Å². The molecule has 2 aromatic carbocycles. The average Bonchev–Trinajstić information content (AvgIpc) is 2.50. The number of benzene rings is 2. The Morgan fingerprint density at radius 2 is 1.77 bits per heavy atom. The van der Waals surface area contributed by atoms with Crippen molar-refractivity contribution < 1.29 is 18.3 Å². The van der Waals surface area contributed by atoms with Crippen molar-refractivity contribution in [3.05, 3.63) is 70.8 Å². The number of carbonyl (C=O) groups is 1. The molecule has 0 aromatic heterocycles. The van der Waals surface area contributed by atoms with Crippen LogP contribution in [-0.2, 0) is 17.8 Å². The minimum Gasteiger partial charge on any atom is -0.465 e. The number of hydrogen-bond acceptors (Lipinski definition) is 3. The van der Waals surface area contributed by atoms with Crippen LogP contribution in [0, 0.1) is 11.6 Å². The van der Waals surface area contributed by atoms with E-state index in [4.69, 9.17) is 0 Å². The van der Waals surface area contributed by atoms with Crippen LogP contribution in [0.4, 0.5) is 8.78 Å². The SMILES string of the molecule is COC(=O)c1ccc(CN(C)Cc2ccc(F)cc2F)cc1. The normalized spacial score (nSPS) is 10.8. The Balaban J connectivity index is 1.99. The van der Waals surface area contributed by atoms with E-state index >= 15 is 0 Å². The quantitative estimate of drug-likeness (QED) is 0.793. The van der Waals surface area contributed by atoms with Gasteiger partial charge in [0.1, 0.15) is 11.6 Å². The van der Waals surface area contributed by atoms with Crippen molar-refractivity contribution in [1.29, 1.82) is 0 Å². The Hall–Kier alpha value is -2.27. The lowest BCUT2D eigenvalue weighted by Gasteiger charge is -2.17. The summed E-state index contributed by atoms with van der Waals surface area (Å²) < 4.78 is 31.1. The van der Waals surface area contributed by atoms with Crippen LogP contribution in [0.1, 0.15) is 21.5 Å². The van der Waals surface area contributed by atoms with E-state index in [9.17, 15) is 13.6 Å². The fourth-order valence-electron chi connectivity index (χ4n) is 2.17. The highest BCUT2D eigenvalue weighted by atomic mass is 19.1. The maximum atomic E-state index is 13.6. The predicted octanol–water partition coefficient (Wildman–Crippen LogP) is 3.38. The lowest BCUT2D eigenvalue weighted by molar-refractivity contribution is 0.0600. The molecule has 0 unspecified atom stereocenters. The van der Waals surface area contributed by atoms with Crippen LogP contribution < -0.4 is 0 Å². The first-order valence-corrected chi connectivity index (χ1v) is 6.79. The van der Waals surface area contributed by atoms with Crippen LogP contribution in [0.5, 0.6) is 0 Å². The third-order valence-electron chi connectivity index (χ3n) is 3.28. The van der Waals surface area contributed by atoms with Gasteiger partial charge < -0.3 is 4.74 Å². The summed E-state index contributed by atoms with van der Waals surface area (Å²) in [6.07, 6.45) is 0. The predicted molar refractivity (Wildman–Crippen MR) is 79.3 cm³/mol. The molecule has 2 aromatic rings. The molecule has 0 N–H and O–H groups in total. The van der Waals surface area contributed by atoms with Crippen molar-refractivity contribution in [2.75, 3.05) is 14.2 Å². The monoisotopic (exact) mass is 305 g/mol. The summed E-state index contributed by atoms with van der Waals surface area (Å²) >= 11 is 0. The molecule has 0 bridgehead atoms. The minimum absolute atomic E-state index is 0.366. The highest BCUT2D eigenvalue weighted by Gasteiger charge is 2.09. The largest absolute Gasteiger partial charge is 0.465 e. The van der Waals surface area contributed by atoms with Crippen LogP contribution in [0.15, 0.2) is 42.5 Å². The number of nitrogens with zero attached hydrogens (tertiary/aromatic N) is 1. The molecule has 0 fully saturated rings. The molecule has 0 amide bonds. The second kappa shape index (κ2) is 7.13. The molecule has 3 nitrogen and oxygen atoms in total. The molecule has 0 saturated carbocycles. The first-order valence-electron chi connectivity index (χ1n) is 6.79. The van der Waals surface area contributed by atoms with Gasteiger partial charge in [0.15, 0.2) is 0 Å². The lowest BCUT2D eigenvalue weighted by Crippen LogP contribution is -2.18. The first kappa shape index (κ1) is 16.1. The molecular weight excluding hydrogens is 288 g/mol. The van der Waals surface area contributed by atoms with Gasteiger partial charge in [-0.2, -0.15) is 0 Å². The van der Waals surface area contributed by atoms with Crippen molar-refractivity contribution in [1.82, 2.24) is 4.90 Å². The smallest absolute Gasteiger partial charge is 0.337 e. The molecule has 5 heteroatoms. The topological polar surface area (TPSA) is 29.5 Å². The van der Waals surface area contributed by atoms with Crippen LogP contribution in [0.3, 0.4) is 0 Å². The Bertz CT molecular complexity index is 656. The zero-order chi connectivity index (χ0) is 16.1. The van der Waals surface area contributed by atoms with E-state index in [1.807, 2.05) is 24.1 Å². The number of halogens is 2. The van der Waals surface area contributed by atoms with E-state index in [1.165, 1.54) is 19.2 Å². The third kappa shape index (κ3) is 4.11. The van der Waals surface area contributed by atoms with E-state index in [0.717, 1.165) is 11.6 Å². The molecule has 0 saturated heterocycles. The minimum atomic E-state index is -0.581. The molecule has 0 radical (unpaired) electrons. The van der Waals surface area contributed by atoms with Gasteiger partial charge in [-0.05, 0) is 30.8 Å². The maximum absolute atomic E-state index is 13.6. The molecule has 0 atom stereocenters. The van der Waals surface area contributed by atoms with E-state index in [1.54, 1.807) is 12.1 Å². The summed E-state index contributed by atoms with van der Waals surface area (Å²) in [7, 11) is 3.18. The molecular formula is C17H17F2NO2. The molecule has 0 aliphatic rings. The summed E-state index contributed by atoms with van der Waals surface area (Å²) in [4.78, 5) is 13.3. The number of esters is 1. The van der Waals surface area contributed by atoms with Gasteiger partial charge in [0.25, 0.3) is 0 Å². The average molecular weight is 305 g/mol.